The van der Waals surface area contributed by atoms with Crippen molar-refractivity contribution >= 4 is 39.9 Å². The first-order valence-corrected chi connectivity index (χ1v) is 11.6. The van der Waals surface area contributed by atoms with Crippen LogP contribution in [0.2, 0.25) is 5.02 Å². The van der Waals surface area contributed by atoms with Gasteiger partial charge in [0.05, 0.1) is 0 Å². The Morgan fingerprint density at radius 1 is 0.971 bits per heavy atom. The normalized spacial score (nSPS) is 11.8. The van der Waals surface area contributed by atoms with Crippen molar-refractivity contribution in [2.45, 2.75) is 26.4 Å². The Morgan fingerprint density at radius 3 is 2.23 bits per heavy atom. The summed E-state index contributed by atoms with van der Waals surface area (Å²) >= 11 is 6.08. The van der Waals surface area contributed by atoms with Gasteiger partial charge in [0.15, 0.2) is 6.10 Å². The maximum absolute atomic E-state index is 13.5. The largest absolute Gasteiger partial charge is 0.448 e. The quantitative estimate of drug-likeness (QED) is 0.351. The number of ether oxygens (including phenoxy) is 1. The van der Waals surface area contributed by atoms with Crippen LogP contribution in [0.15, 0.2) is 77.6 Å². The number of carbonyl (C=O) groups is 2. The molecule has 1 amide bonds. The Morgan fingerprint density at radius 2 is 1.60 bits per heavy atom. The highest BCUT2D eigenvalue weighted by Crippen LogP contribution is 2.32. The Labute approximate surface area is 208 Å². The lowest BCUT2D eigenvalue weighted by Gasteiger charge is -2.20. The number of esters is 1. The van der Waals surface area contributed by atoms with Gasteiger partial charge in [0.25, 0.3) is 11.5 Å². The molecule has 0 bridgehead atoms. The van der Waals surface area contributed by atoms with Gasteiger partial charge in [-0.2, -0.15) is 0 Å². The van der Waals surface area contributed by atoms with Crippen LogP contribution in [0, 0.1) is 6.92 Å². The van der Waals surface area contributed by atoms with Crippen LogP contribution in [-0.4, -0.2) is 22.5 Å². The standard InChI is InChI=1S/C28H25ClN2O4/c1-4-23(26(32)30-20-15-9-17(2)10-16-20)35-28(34)25-24(18-11-13-19(29)14-12-18)21-7-5-6-8-22(21)27(33)31(25)3/h5-16,23H,4H2,1-3H3,(H,30,32). The number of nitrogens with one attached hydrogen (secondary N) is 1. The first kappa shape index (κ1) is 24.2. The van der Waals surface area contributed by atoms with Crippen LogP contribution in [0.4, 0.5) is 5.69 Å². The van der Waals surface area contributed by atoms with Crippen molar-refractivity contribution < 1.29 is 14.3 Å². The lowest BCUT2D eigenvalue weighted by Crippen LogP contribution is -2.34. The van der Waals surface area contributed by atoms with Gasteiger partial charge in [-0.05, 0) is 54.6 Å². The summed E-state index contributed by atoms with van der Waals surface area (Å²) in [4.78, 5) is 39.5. The summed E-state index contributed by atoms with van der Waals surface area (Å²) in [6.07, 6.45) is -0.773. The summed E-state index contributed by atoms with van der Waals surface area (Å²) in [6, 6.07) is 21.4. The number of anilines is 1. The molecule has 0 fully saturated rings. The van der Waals surface area contributed by atoms with Crippen LogP contribution in [0.25, 0.3) is 21.9 Å². The summed E-state index contributed by atoms with van der Waals surface area (Å²) in [5.74, 6) is -1.20. The van der Waals surface area contributed by atoms with E-state index >= 15 is 0 Å². The fraction of sp³-hybridized carbons (Fsp3) is 0.179. The minimum absolute atomic E-state index is 0.0672. The van der Waals surface area contributed by atoms with Gasteiger partial charge < -0.3 is 14.6 Å². The van der Waals surface area contributed by atoms with Gasteiger partial charge in [-0.15, -0.1) is 0 Å². The fourth-order valence-corrected chi connectivity index (χ4v) is 4.11. The van der Waals surface area contributed by atoms with Crippen LogP contribution in [0.3, 0.4) is 0 Å². The summed E-state index contributed by atoms with van der Waals surface area (Å²) in [6.45, 7) is 3.71. The third-order valence-electron chi connectivity index (χ3n) is 5.86. The van der Waals surface area contributed by atoms with E-state index < -0.39 is 18.0 Å². The van der Waals surface area contributed by atoms with E-state index in [1.807, 2.05) is 19.1 Å². The fourth-order valence-electron chi connectivity index (χ4n) is 3.98. The van der Waals surface area contributed by atoms with Crippen molar-refractivity contribution in [3.8, 4) is 11.1 Å². The molecule has 4 aromatic rings. The van der Waals surface area contributed by atoms with Crippen molar-refractivity contribution in [3.63, 3.8) is 0 Å². The Balaban J connectivity index is 1.75. The first-order chi connectivity index (χ1) is 16.8. The number of halogens is 1. The van der Waals surface area contributed by atoms with Crippen molar-refractivity contribution in [2.24, 2.45) is 7.05 Å². The lowest BCUT2D eigenvalue weighted by atomic mass is 9.96. The van der Waals surface area contributed by atoms with E-state index in [1.165, 1.54) is 11.6 Å². The number of amides is 1. The summed E-state index contributed by atoms with van der Waals surface area (Å²) in [7, 11) is 1.53. The number of pyridine rings is 1. The minimum atomic E-state index is -1.04. The second-order valence-corrected chi connectivity index (χ2v) is 8.73. The minimum Gasteiger partial charge on any atom is -0.448 e. The third kappa shape index (κ3) is 4.98. The van der Waals surface area contributed by atoms with Crippen molar-refractivity contribution in [3.05, 3.63) is 99.4 Å². The Hall–Kier alpha value is -3.90. The van der Waals surface area contributed by atoms with Crippen molar-refractivity contribution in [1.82, 2.24) is 4.57 Å². The van der Waals surface area contributed by atoms with E-state index in [9.17, 15) is 14.4 Å². The molecule has 7 heteroatoms. The van der Waals surface area contributed by atoms with Crippen LogP contribution < -0.4 is 10.9 Å². The molecular weight excluding hydrogens is 464 g/mol. The highest BCUT2D eigenvalue weighted by atomic mass is 35.5. The average Bonchev–Trinajstić information content (AvgIpc) is 2.86. The molecule has 1 unspecified atom stereocenters. The van der Waals surface area contributed by atoms with Crippen molar-refractivity contribution in [1.29, 1.82) is 0 Å². The molecule has 1 atom stereocenters. The van der Waals surface area contributed by atoms with Crippen LogP contribution in [0.5, 0.6) is 0 Å². The molecular formula is C28H25ClN2O4. The summed E-state index contributed by atoms with van der Waals surface area (Å²) < 4.78 is 6.95. The van der Waals surface area contributed by atoms with E-state index in [2.05, 4.69) is 5.32 Å². The highest BCUT2D eigenvalue weighted by Gasteiger charge is 2.27. The summed E-state index contributed by atoms with van der Waals surface area (Å²) in [5, 5.41) is 4.42. The maximum atomic E-state index is 13.5. The van der Waals surface area contributed by atoms with Gasteiger partial charge >= 0.3 is 5.97 Å². The van der Waals surface area contributed by atoms with Crippen LogP contribution in [-0.2, 0) is 16.6 Å². The van der Waals surface area contributed by atoms with E-state index in [-0.39, 0.29) is 17.7 Å². The van der Waals surface area contributed by atoms with Crippen LogP contribution >= 0.6 is 11.6 Å². The van der Waals surface area contributed by atoms with E-state index in [4.69, 9.17) is 16.3 Å². The molecule has 0 saturated heterocycles. The predicted octanol–water partition coefficient (Wildman–Crippen LogP) is 5.74. The Kier molecular flexibility index (Phi) is 7.03. The number of aryl methyl sites for hydroxylation is 1. The number of benzene rings is 3. The smallest absolute Gasteiger partial charge is 0.356 e. The molecule has 1 N–H and O–H groups in total. The number of rotatable bonds is 6. The molecule has 0 saturated carbocycles. The highest BCUT2D eigenvalue weighted by molar-refractivity contribution is 6.30. The van der Waals surface area contributed by atoms with E-state index in [0.717, 1.165) is 5.56 Å². The molecule has 0 aliphatic rings. The molecule has 0 aliphatic carbocycles. The monoisotopic (exact) mass is 488 g/mol. The number of nitrogens with zero attached hydrogens (tertiary/aromatic N) is 1. The zero-order valence-corrected chi connectivity index (χ0v) is 20.4. The molecule has 178 valence electrons. The van der Waals surface area contributed by atoms with E-state index in [1.54, 1.807) is 67.6 Å². The molecule has 4 rings (SSSR count). The molecule has 1 aromatic heterocycles. The zero-order valence-electron chi connectivity index (χ0n) is 19.7. The zero-order chi connectivity index (χ0) is 25.1. The lowest BCUT2D eigenvalue weighted by molar-refractivity contribution is -0.124. The van der Waals surface area contributed by atoms with Gasteiger partial charge in [-0.1, -0.05) is 66.6 Å². The number of hydrogen-bond acceptors (Lipinski definition) is 4. The second kappa shape index (κ2) is 10.2. The van der Waals surface area contributed by atoms with Crippen molar-refractivity contribution in [2.75, 3.05) is 5.32 Å². The van der Waals surface area contributed by atoms with Gasteiger partial charge in [-0.25, -0.2) is 4.79 Å². The van der Waals surface area contributed by atoms with Gasteiger partial charge in [0.2, 0.25) is 0 Å². The number of carbonyl (C=O) groups excluding carboxylic acids is 2. The molecule has 1 heterocycles. The second-order valence-electron chi connectivity index (χ2n) is 8.30. The molecule has 35 heavy (non-hydrogen) atoms. The molecule has 0 spiro atoms. The number of fused-ring (bicyclic) bond motifs is 1. The summed E-state index contributed by atoms with van der Waals surface area (Å²) in [5.41, 5.74) is 2.65. The SMILES string of the molecule is CCC(OC(=O)c1c(-c2ccc(Cl)cc2)c2ccccc2c(=O)n1C)C(=O)Nc1ccc(C)cc1. The molecule has 3 aromatic carbocycles. The topological polar surface area (TPSA) is 77.4 Å². The molecule has 6 nitrogen and oxygen atoms in total. The maximum Gasteiger partial charge on any atom is 0.356 e. The third-order valence-corrected chi connectivity index (χ3v) is 6.11. The number of aromatic nitrogens is 1. The van der Waals surface area contributed by atoms with Gasteiger partial charge in [0, 0.05) is 28.7 Å². The van der Waals surface area contributed by atoms with Gasteiger partial charge in [0.1, 0.15) is 5.69 Å². The van der Waals surface area contributed by atoms with Gasteiger partial charge in [-0.3, -0.25) is 9.59 Å². The molecule has 0 aliphatic heterocycles. The van der Waals surface area contributed by atoms with Crippen LogP contribution in [0.1, 0.15) is 29.4 Å². The predicted molar refractivity (Wildman–Crippen MR) is 139 cm³/mol. The van der Waals surface area contributed by atoms with E-state index in [0.29, 0.717) is 32.6 Å². The molecule has 0 radical (unpaired) electrons. The Bertz CT molecular complexity index is 1460. The first-order valence-electron chi connectivity index (χ1n) is 11.3. The average molecular weight is 489 g/mol. The number of hydrogen-bond donors (Lipinski definition) is 1.